The van der Waals surface area contributed by atoms with Crippen LogP contribution in [0.15, 0.2) is 59.1 Å². The number of aromatic nitrogens is 1. The fourth-order valence-electron chi connectivity index (χ4n) is 4.47. The van der Waals surface area contributed by atoms with Crippen LogP contribution in [0.1, 0.15) is 34.3 Å². The number of nitrogens with zero attached hydrogens (tertiary/aromatic N) is 3. The summed E-state index contributed by atoms with van der Waals surface area (Å²) >= 11 is 0. The molecule has 0 N–H and O–H groups in total. The fourth-order valence-corrected chi connectivity index (χ4v) is 4.47. The number of fused-ring (bicyclic) bond motifs is 1. The lowest BCUT2D eigenvalue weighted by Crippen LogP contribution is -2.26. The maximum atomic E-state index is 12.4. The summed E-state index contributed by atoms with van der Waals surface area (Å²) < 4.78 is 17.8. The predicted octanol–water partition coefficient (Wildman–Crippen LogP) is 5.60. The summed E-state index contributed by atoms with van der Waals surface area (Å²) in [6, 6.07) is 17.3. The number of furan rings is 1. The van der Waals surface area contributed by atoms with Crippen LogP contribution < -0.4 is 4.74 Å². The van der Waals surface area contributed by atoms with Crippen LogP contribution in [0.4, 0.5) is 0 Å². The number of ether oxygens (including phenoxy) is 2. The van der Waals surface area contributed by atoms with Gasteiger partial charge in [0.15, 0.2) is 5.58 Å². The van der Waals surface area contributed by atoms with E-state index in [0.717, 1.165) is 40.6 Å². The van der Waals surface area contributed by atoms with Crippen molar-refractivity contribution in [3.63, 3.8) is 0 Å². The highest BCUT2D eigenvalue weighted by atomic mass is 16.5. The topological polar surface area (TPSA) is 88.6 Å². The van der Waals surface area contributed by atoms with Gasteiger partial charge in [-0.15, -0.1) is 0 Å². The SMILES string of the molecule is Cc1cc(-c2cc3nccc(-c4ccc(OC5CCOCC5)c(C#N)c4)c3o2)ccc1C(=O)N(C)C. The number of aryl methyl sites for hydroxylation is 1. The van der Waals surface area contributed by atoms with Gasteiger partial charge >= 0.3 is 0 Å². The average Bonchev–Trinajstić information content (AvgIpc) is 3.34. The monoisotopic (exact) mass is 481 g/mol. The zero-order valence-electron chi connectivity index (χ0n) is 20.6. The third-order valence-electron chi connectivity index (χ3n) is 6.43. The molecule has 1 aliphatic rings. The number of rotatable bonds is 5. The molecule has 3 heterocycles. The van der Waals surface area contributed by atoms with Gasteiger partial charge in [0.05, 0.1) is 18.8 Å². The summed E-state index contributed by atoms with van der Waals surface area (Å²) in [5.41, 5.74) is 5.93. The smallest absolute Gasteiger partial charge is 0.253 e. The van der Waals surface area contributed by atoms with Gasteiger partial charge < -0.3 is 18.8 Å². The first-order valence-electron chi connectivity index (χ1n) is 11.9. The maximum Gasteiger partial charge on any atom is 0.253 e. The van der Waals surface area contributed by atoms with E-state index < -0.39 is 0 Å². The van der Waals surface area contributed by atoms with Crippen molar-refractivity contribution < 1.29 is 18.7 Å². The van der Waals surface area contributed by atoms with E-state index in [1.807, 2.05) is 55.5 Å². The summed E-state index contributed by atoms with van der Waals surface area (Å²) in [6.07, 6.45) is 3.42. The van der Waals surface area contributed by atoms with E-state index in [1.165, 1.54) is 0 Å². The number of pyridine rings is 1. The second-order valence-electron chi connectivity index (χ2n) is 9.17. The Morgan fingerprint density at radius 2 is 1.86 bits per heavy atom. The summed E-state index contributed by atoms with van der Waals surface area (Å²) in [5, 5.41) is 9.79. The van der Waals surface area contributed by atoms with Crippen LogP contribution in [0, 0.1) is 18.3 Å². The molecule has 1 aliphatic heterocycles. The van der Waals surface area contributed by atoms with E-state index in [9.17, 15) is 10.1 Å². The molecule has 0 unspecified atom stereocenters. The fraction of sp³-hybridized carbons (Fsp3) is 0.276. The molecule has 1 fully saturated rings. The largest absolute Gasteiger partial charge is 0.489 e. The first kappa shape index (κ1) is 23.6. The van der Waals surface area contributed by atoms with E-state index in [2.05, 4.69) is 11.1 Å². The lowest BCUT2D eigenvalue weighted by atomic mass is 10.0. The van der Waals surface area contributed by atoms with Gasteiger partial charge in [0.1, 0.15) is 29.2 Å². The Bertz CT molecular complexity index is 1480. The van der Waals surface area contributed by atoms with Crippen molar-refractivity contribution in [1.29, 1.82) is 5.26 Å². The van der Waals surface area contributed by atoms with Crippen molar-refractivity contribution in [2.45, 2.75) is 25.9 Å². The number of benzene rings is 2. The Balaban J connectivity index is 1.49. The van der Waals surface area contributed by atoms with Crippen LogP contribution in [0.5, 0.6) is 5.75 Å². The minimum atomic E-state index is -0.0369. The zero-order chi connectivity index (χ0) is 25.2. The molecule has 2 aromatic carbocycles. The molecule has 182 valence electrons. The van der Waals surface area contributed by atoms with Crippen LogP contribution in [-0.2, 0) is 4.74 Å². The molecule has 1 saturated heterocycles. The molecule has 0 aliphatic carbocycles. The molecule has 0 saturated carbocycles. The van der Waals surface area contributed by atoms with Gasteiger partial charge in [0.2, 0.25) is 0 Å². The van der Waals surface area contributed by atoms with Gasteiger partial charge in [-0.3, -0.25) is 9.78 Å². The first-order chi connectivity index (χ1) is 17.4. The van der Waals surface area contributed by atoms with E-state index >= 15 is 0 Å². The standard InChI is InChI=1S/C29H27N3O4/c1-18-14-20(4-6-23(18)29(33)32(2)3)27-16-25-28(36-27)24(8-11-31-25)19-5-7-26(21(15-19)17-30)35-22-9-12-34-13-10-22/h4-8,11,14-16,22H,9-10,12-13H2,1-3H3. The highest BCUT2D eigenvalue weighted by Gasteiger charge is 2.19. The lowest BCUT2D eigenvalue weighted by Gasteiger charge is -2.23. The number of nitriles is 1. The molecule has 7 nitrogen and oxygen atoms in total. The number of carbonyl (C=O) groups is 1. The molecule has 4 aromatic rings. The molecule has 0 spiro atoms. The van der Waals surface area contributed by atoms with E-state index in [4.69, 9.17) is 13.9 Å². The van der Waals surface area contributed by atoms with Gasteiger partial charge in [-0.1, -0.05) is 12.1 Å². The third kappa shape index (κ3) is 4.56. The van der Waals surface area contributed by atoms with Crippen molar-refractivity contribution in [2.24, 2.45) is 0 Å². The van der Waals surface area contributed by atoms with Crippen molar-refractivity contribution in [3.05, 3.63) is 71.4 Å². The lowest BCUT2D eigenvalue weighted by molar-refractivity contribution is 0.0254. The van der Waals surface area contributed by atoms with Crippen LogP contribution in [0.3, 0.4) is 0 Å². The molecule has 0 atom stereocenters. The molecular formula is C29H27N3O4. The normalized spacial score (nSPS) is 13.9. The third-order valence-corrected chi connectivity index (χ3v) is 6.43. The molecular weight excluding hydrogens is 454 g/mol. The minimum absolute atomic E-state index is 0.0369. The van der Waals surface area contributed by atoms with E-state index in [0.29, 0.717) is 41.4 Å². The highest BCUT2D eigenvalue weighted by Crippen LogP contribution is 2.36. The van der Waals surface area contributed by atoms with Crippen LogP contribution in [0.25, 0.3) is 33.6 Å². The first-order valence-corrected chi connectivity index (χ1v) is 11.9. The van der Waals surface area contributed by atoms with Crippen molar-refractivity contribution in [3.8, 4) is 34.3 Å². The van der Waals surface area contributed by atoms with Gasteiger partial charge in [-0.2, -0.15) is 5.26 Å². The number of amides is 1. The average molecular weight is 482 g/mol. The molecule has 0 radical (unpaired) electrons. The van der Waals surface area contributed by atoms with Gasteiger partial charge in [0.25, 0.3) is 5.91 Å². The maximum absolute atomic E-state index is 12.4. The Morgan fingerprint density at radius 3 is 2.58 bits per heavy atom. The molecule has 7 heteroatoms. The number of carbonyl (C=O) groups excluding carboxylic acids is 1. The zero-order valence-corrected chi connectivity index (χ0v) is 20.6. The predicted molar refractivity (Wildman–Crippen MR) is 137 cm³/mol. The second kappa shape index (κ2) is 9.84. The number of hydrogen-bond acceptors (Lipinski definition) is 6. The quantitative estimate of drug-likeness (QED) is 0.369. The van der Waals surface area contributed by atoms with E-state index in [-0.39, 0.29) is 12.0 Å². The molecule has 5 rings (SSSR count). The molecule has 0 bridgehead atoms. The number of hydrogen-bond donors (Lipinski definition) is 0. The van der Waals surface area contributed by atoms with Crippen LogP contribution >= 0.6 is 0 Å². The van der Waals surface area contributed by atoms with Crippen molar-refractivity contribution in [2.75, 3.05) is 27.3 Å². The summed E-state index contributed by atoms with van der Waals surface area (Å²) in [7, 11) is 3.48. The Labute approximate surface area is 209 Å². The summed E-state index contributed by atoms with van der Waals surface area (Å²) in [4.78, 5) is 18.4. The minimum Gasteiger partial charge on any atom is -0.489 e. The van der Waals surface area contributed by atoms with Gasteiger partial charge in [-0.05, 0) is 48.4 Å². The van der Waals surface area contributed by atoms with E-state index in [1.54, 1.807) is 25.2 Å². The second-order valence-corrected chi connectivity index (χ2v) is 9.17. The Kier molecular flexibility index (Phi) is 6.45. The van der Waals surface area contributed by atoms with Crippen molar-refractivity contribution in [1.82, 2.24) is 9.88 Å². The molecule has 36 heavy (non-hydrogen) atoms. The Hall–Kier alpha value is -4.15. The van der Waals surface area contributed by atoms with Crippen LogP contribution in [-0.4, -0.2) is 49.2 Å². The summed E-state index contributed by atoms with van der Waals surface area (Å²) in [5.74, 6) is 1.21. The summed E-state index contributed by atoms with van der Waals surface area (Å²) in [6.45, 7) is 3.27. The van der Waals surface area contributed by atoms with Crippen molar-refractivity contribution >= 4 is 17.0 Å². The highest BCUT2D eigenvalue weighted by molar-refractivity contribution is 5.96. The van der Waals surface area contributed by atoms with Gasteiger partial charge in [0, 0.05) is 55.9 Å². The van der Waals surface area contributed by atoms with Crippen LogP contribution in [0.2, 0.25) is 0 Å². The molecule has 2 aromatic heterocycles. The van der Waals surface area contributed by atoms with Gasteiger partial charge in [-0.25, -0.2) is 0 Å². The molecule has 1 amide bonds. The Morgan fingerprint density at radius 1 is 1.08 bits per heavy atom.